The van der Waals surface area contributed by atoms with Gasteiger partial charge in [-0.25, -0.2) is 0 Å². The van der Waals surface area contributed by atoms with Crippen LogP contribution in [0.4, 0.5) is 0 Å². The zero-order valence-corrected chi connectivity index (χ0v) is 13.1. The van der Waals surface area contributed by atoms with E-state index in [0.717, 1.165) is 39.1 Å². The van der Waals surface area contributed by atoms with E-state index in [1.54, 1.807) is 0 Å². The Hall–Kier alpha value is -0.870. The van der Waals surface area contributed by atoms with Gasteiger partial charge in [-0.1, -0.05) is 20.8 Å². The molecule has 0 spiro atoms. The molecule has 0 amide bonds. The molecule has 1 rings (SSSR count). The molecule has 1 heterocycles. The van der Waals surface area contributed by atoms with Crippen molar-refractivity contribution in [3.63, 3.8) is 0 Å². The van der Waals surface area contributed by atoms with Crippen LogP contribution in [-0.2, 0) is 30.7 Å². The predicted octanol–water partition coefficient (Wildman–Crippen LogP) is 2.54. The molecule has 0 unspecified atom stereocenters. The maximum absolute atomic E-state index is 5.63. The van der Waals surface area contributed by atoms with Gasteiger partial charge in [0.05, 0.1) is 24.9 Å². The third-order valence-corrected chi connectivity index (χ3v) is 3.23. The predicted molar refractivity (Wildman–Crippen MR) is 79.5 cm³/mol. The van der Waals surface area contributed by atoms with Crippen LogP contribution in [0, 0.1) is 0 Å². The highest BCUT2D eigenvalue weighted by molar-refractivity contribution is 5.26. The Bertz CT molecular complexity index is 372. The van der Waals surface area contributed by atoms with Crippen molar-refractivity contribution in [1.29, 1.82) is 0 Å². The minimum absolute atomic E-state index is 0.285. The van der Waals surface area contributed by atoms with Crippen LogP contribution in [0.25, 0.3) is 0 Å². The van der Waals surface area contributed by atoms with Crippen LogP contribution in [0.3, 0.4) is 0 Å². The molecule has 1 aromatic rings. The van der Waals surface area contributed by atoms with E-state index >= 15 is 0 Å². The van der Waals surface area contributed by atoms with Gasteiger partial charge in [-0.05, 0) is 33.2 Å². The summed E-state index contributed by atoms with van der Waals surface area (Å²) in [6, 6.07) is 0. The summed E-state index contributed by atoms with van der Waals surface area (Å²) in [5.74, 6) is 0. The van der Waals surface area contributed by atoms with E-state index in [0.29, 0.717) is 0 Å². The molecule has 0 saturated heterocycles. The Morgan fingerprint density at radius 2 is 1.95 bits per heavy atom. The molecule has 19 heavy (non-hydrogen) atoms. The van der Waals surface area contributed by atoms with E-state index < -0.39 is 0 Å². The highest BCUT2D eigenvalue weighted by atomic mass is 16.5. The lowest BCUT2D eigenvalue weighted by Crippen LogP contribution is -2.16. The van der Waals surface area contributed by atoms with Gasteiger partial charge in [0.25, 0.3) is 0 Å². The number of hydrogen-bond acceptors (Lipinski definition) is 3. The fourth-order valence-electron chi connectivity index (χ4n) is 2.28. The quantitative estimate of drug-likeness (QED) is 0.747. The molecule has 1 N–H and O–H groups in total. The van der Waals surface area contributed by atoms with Crippen LogP contribution in [0.2, 0.25) is 0 Å². The van der Waals surface area contributed by atoms with E-state index in [2.05, 4.69) is 44.6 Å². The minimum Gasteiger partial charge on any atom is -0.377 e. The van der Waals surface area contributed by atoms with Crippen LogP contribution in [0.15, 0.2) is 0 Å². The standard InChI is InChI=1S/C15H29N3O/c1-6-14-13(11-16-8-3)15(7-2)18(17-14)9-10-19-12(4)5/h12,16H,6-11H2,1-5H3. The van der Waals surface area contributed by atoms with Crippen molar-refractivity contribution in [3.8, 4) is 0 Å². The molecule has 0 bridgehead atoms. The number of aromatic nitrogens is 2. The van der Waals surface area contributed by atoms with Gasteiger partial charge in [0.1, 0.15) is 0 Å². The van der Waals surface area contributed by atoms with Crippen molar-refractivity contribution in [1.82, 2.24) is 15.1 Å². The number of aryl methyl sites for hydroxylation is 1. The molecule has 0 aromatic carbocycles. The largest absolute Gasteiger partial charge is 0.377 e. The zero-order chi connectivity index (χ0) is 14.3. The topological polar surface area (TPSA) is 39.1 Å². The number of ether oxygens (including phenoxy) is 1. The molecule has 0 fully saturated rings. The highest BCUT2D eigenvalue weighted by Gasteiger charge is 2.14. The van der Waals surface area contributed by atoms with Crippen molar-refractivity contribution in [2.24, 2.45) is 0 Å². The third kappa shape index (κ3) is 4.62. The van der Waals surface area contributed by atoms with Crippen LogP contribution in [-0.4, -0.2) is 29.0 Å². The van der Waals surface area contributed by atoms with Gasteiger partial charge in [-0.2, -0.15) is 5.10 Å². The first-order valence-corrected chi connectivity index (χ1v) is 7.53. The van der Waals surface area contributed by atoms with Gasteiger partial charge < -0.3 is 10.1 Å². The Morgan fingerprint density at radius 3 is 2.47 bits per heavy atom. The summed E-state index contributed by atoms with van der Waals surface area (Å²) in [5.41, 5.74) is 3.96. The molecule has 0 atom stereocenters. The smallest absolute Gasteiger partial charge is 0.0669 e. The van der Waals surface area contributed by atoms with Gasteiger partial charge in [0.2, 0.25) is 0 Å². The van der Waals surface area contributed by atoms with Crippen LogP contribution in [0.1, 0.15) is 51.6 Å². The Morgan fingerprint density at radius 1 is 1.21 bits per heavy atom. The first kappa shape index (κ1) is 16.2. The summed E-state index contributed by atoms with van der Waals surface area (Å²) < 4.78 is 7.77. The third-order valence-electron chi connectivity index (χ3n) is 3.23. The average molecular weight is 267 g/mol. The van der Waals surface area contributed by atoms with Crippen LogP contribution in [0.5, 0.6) is 0 Å². The maximum atomic E-state index is 5.63. The van der Waals surface area contributed by atoms with Gasteiger partial charge in [-0.15, -0.1) is 0 Å². The van der Waals surface area contributed by atoms with Gasteiger partial charge in [0.15, 0.2) is 0 Å². The molecule has 110 valence electrons. The molecular formula is C15H29N3O. The second kappa shape index (κ2) is 8.33. The van der Waals surface area contributed by atoms with Crippen LogP contribution >= 0.6 is 0 Å². The van der Waals surface area contributed by atoms with Crippen molar-refractivity contribution in [3.05, 3.63) is 17.0 Å². The molecule has 0 aliphatic carbocycles. The normalized spacial score (nSPS) is 11.5. The van der Waals surface area contributed by atoms with Gasteiger partial charge >= 0.3 is 0 Å². The number of nitrogens with one attached hydrogen (secondary N) is 1. The van der Waals surface area contributed by atoms with E-state index in [1.165, 1.54) is 17.0 Å². The highest BCUT2D eigenvalue weighted by Crippen LogP contribution is 2.16. The Kier molecular flexibility index (Phi) is 7.10. The first-order valence-electron chi connectivity index (χ1n) is 7.53. The van der Waals surface area contributed by atoms with Gasteiger partial charge in [0, 0.05) is 17.8 Å². The molecule has 0 saturated carbocycles. The first-order chi connectivity index (χ1) is 9.13. The van der Waals surface area contributed by atoms with Crippen molar-refractivity contribution < 1.29 is 4.74 Å². The maximum Gasteiger partial charge on any atom is 0.0669 e. The average Bonchev–Trinajstić information content (AvgIpc) is 2.72. The molecule has 0 aliphatic rings. The fraction of sp³-hybridized carbons (Fsp3) is 0.800. The van der Waals surface area contributed by atoms with Crippen LogP contribution < -0.4 is 5.32 Å². The van der Waals surface area contributed by atoms with E-state index in [-0.39, 0.29) is 6.10 Å². The summed E-state index contributed by atoms with van der Waals surface area (Å²) in [4.78, 5) is 0. The summed E-state index contributed by atoms with van der Waals surface area (Å²) in [6.07, 6.45) is 2.30. The van der Waals surface area contributed by atoms with E-state index in [1.807, 2.05) is 0 Å². The summed E-state index contributed by atoms with van der Waals surface area (Å²) in [5, 5.41) is 8.16. The van der Waals surface area contributed by atoms with Gasteiger partial charge in [-0.3, -0.25) is 4.68 Å². The number of hydrogen-bond donors (Lipinski definition) is 1. The zero-order valence-electron chi connectivity index (χ0n) is 13.1. The lowest BCUT2D eigenvalue weighted by molar-refractivity contribution is 0.0705. The number of rotatable bonds is 9. The van der Waals surface area contributed by atoms with Crippen molar-refractivity contribution in [2.45, 2.75) is 66.7 Å². The monoisotopic (exact) mass is 267 g/mol. The molecule has 4 heteroatoms. The van der Waals surface area contributed by atoms with E-state index in [9.17, 15) is 0 Å². The lowest BCUT2D eigenvalue weighted by atomic mass is 10.1. The SMILES string of the molecule is CCNCc1c(CC)nn(CCOC(C)C)c1CC. The number of nitrogens with zero attached hydrogens (tertiary/aromatic N) is 2. The Balaban J connectivity index is 2.81. The minimum atomic E-state index is 0.285. The molecule has 4 nitrogen and oxygen atoms in total. The summed E-state index contributed by atoms with van der Waals surface area (Å²) in [7, 11) is 0. The molecule has 0 radical (unpaired) electrons. The summed E-state index contributed by atoms with van der Waals surface area (Å²) in [6.45, 7) is 14.1. The lowest BCUT2D eigenvalue weighted by Gasteiger charge is -2.10. The molecule has 1 aromatic heterocycles. The molecule has 0 aliphatic heterocycles. The molecular weight excluding hydrogens is 238 g/mol. The van der Waals surface area contributed by atoms with Crippen molar-refractivity contribution in [2.75, 3.05) is 13.2 Å². The van der Waals surface area contributed by atoms with Crippen molar-refractivity contribution >= 4 is 0 Å². The fourth-order valence-corrected chi connectivity index (χ4v) is 2.28. The second-order valence-corrected chi connectivity index (χ2v) is 5.00. The second-order valence-electron chi connectivity index (χ2n) is 5.00. The van der Waals surface area contributed by atoms with E-state index in [4.69, 9.17) is 9.84 Å². The summed E-state index contributed by atoms with van der Waals surface area (Å²) >= 11 is 0. The Labute approximate surface area is 117 Å².